The minimum absolute atomic E-state index is 0.0273. The maximum Gasteiger partial charge on any atom is 0.503 e. The van der Waals surface area contributed by atoms with Gasteiger partial charge in [0.2, 0.25) is 10.0 Å². The molecule has 2 aromatic carbocycles. The molecule has 0 fully saturated rings. The zero-order valence-electron chi connectivity index (χ0n) is 12.8. The van der Waals surface area contributed by atoms with Crippen LogP contribution in [0.1, 0.15) is 0 Å². The highest BCUT2D eigenvalue weighted by molar-refractivity contribution is 7.89. The number of nitrogens with one attached hydrogen (secondary N) is 1. The third kappa shape index (κ3) is 3.51. The molecule has 0 radical (unpaired) electrons. The Balaban J connectivity index is 0.000000511. The first kappa shape index (κ1) is 18.2. The SMILES string of the molecule is Cn1c(=O)c(=O)[nH]c2ccc3c(S(N)(=O)=O)cccc3c21.O=C(O)O. The van der Waals surface area contributed by atoms with Crippen molar-refractivity contribution >= 4 is 38.0 Å². The topological polar surface area (TPSA) is 173 Å². The molecule has 11 heteroatoms. The third-order valence-corrected chi connectivity index (χ3v) is 4.35. The zero-order chi connectivity index (χ0) is 18.9. The van der Waals surface area contributed by atoms with Crippen molar-refractivity contribution in [1.29, 1.82) is 0 Å². The first-order valence-electron chi connectivity index (χ1n) is 6.63. The number of H-pyrrole nitrogens is 1. The summed E-state index contributed by atoms with van der Waals surface area (Å²) in [5, 5.41) is 20.1. The number of nitrogens with two attached hydrogens (primary N) is 1. The van der Waals surface area contributed by atoms with Crippen molar-refractivity contribution in [3.63, 3.8) is 0 Å². The standard InChI is InChI=1S/C13H11N3O4S.CH2O3/c1-16-11-8-3-2-4-10(21(14,19)20)7(8)5-6-9(11)15-12(17)13(16)18;2-1(3)4/h2-6H,1H3,(H,15,17)(H2,14,19,20);(H2,2,3,4). The number of aryl methyl sites for hydroxylation is 1. The van der Waals surface area contributed by atoms with Gasteiger partial charge in [0.1, 0.15) is 0 Å². The molecule has 0 aliphatic rings. The van der Waals surface area contributed by atoms with Crippen LogP contribution in [0, 0.1) is 0 Å². The van der Waals surface area contributed by atoms with Gasteiger partial charge in [0.15, 0.2) is 0 Å². The van der Waals surface area contributed by atoms with Crippen LogP contribution in [-0.2, 0) is 17.1 Å². The van der Waals surface area contributed by atoms with Gasteiger partial charge in [-0.3, -0.25) is 9.59 Å². The number of hydrogen-bond donors (Lipinski definition) is 4. The number of carboxylic acid groups (broad SMARTS) is 2. The minimum Gasteiger partial charge on any atom is -0.450 e. The van der Waals surface area contributed by atoms with Crippen LogP contribution in [0.4, 0.5) is 4.79 Å². The van der Waals surface area contributed by atoms with Crippen LogP contribution in [-0.4, -0.2) is 34.3 Å². The molecule has 132 valence electrons. The summed E-state index contributed by atoms with van der Waals surface area (Å²) in [6.07, 6.45) is -1.83. The smallest absolute Gasteiger partial charge is 0.450 e. The number of rotatable bonds is 1. The lowest BCUT2D eigenvalue weighted by Gasteiger charge is -2.10. The predicted molar refractivity (Wildman–Crippen MR) is 89.3 cm³/mol. The monoisotopic (exact) mass is 367 g/mol. The lowest BCUT2D eigenvalue weighted by atomic mass is 10.1. The lowest BCUT2D eigenvalue weighted by Crippen LogP contribution is -2.34. The molecule has 0 saturated heterocycles. The van der Waals surface area contributed by atoms with Gasteiger partial charge in [0, 0.05) is 17.8 Å². The van der Waals surface area contributed by atoms with Crippen molar-refractivity contribution in [2.75, 3.05) is 0 Å². The first-order valence-corrected chi connectivity index (χ1v) is 8.18. The lowest BCUT2D eigenvalue weighted by molar-refractivity contribution is 0.137. The summed E-state index contributed by atoms with van der Waals surface area (Å²) in [4.78, 5) is 34.3. The van der Waals surface area contributed by atoms with Gasteiger partial charge in [-0.15, -0.1) is 0 Å². The number of carbonyl (C=O) groups is 1. The van der Waals surface area contributed by atoms with Gasteiger partial charge in [-0.1, -0.05) is 18.2 Å². The molecular formula is C14H13N3O7S. The molecular weight excluding hydrogens is 354 g/mol. The molecule has 3 rings (SSSR count). The van der Waals surface area contributed by atoms with E-state index in [1.165, 1.54) is 23.7 Å². The number of hydrogen-bond acceptors (Lipinski definition) is 5. The highest BCUT2D eigenvalue weighted by Gasteiger charge is 2.15. The van der Waals surface area contributed by atoms with Gasteiger partial charge < -0.3 is 19.8 Å². The van der Waals surface area contributed by atoms with Gasteiger partial charge in [-0.2, -0.15) is 0 Å². The molecule has 0 amide bonds. The van der Waals surface area contributed by atoms with Crippen molar-refractivity contribution in [3.05, 3.63) is 51.0 Å². The Morgan fingerprint density at radius 2 is 1.72 bits per heavy atom. The van der Waals surface area contributed by atoms with Crippen LogP contribution >= 0.6 is 0 Å². The Kier molecular flexibility index (Phi) is 4.63. The summed E-state index contributed by atoms with van der Waals surface area (Å²) >= 11 is 0. The predicted octanol–water partition coefficient (Wildman–Crippen LogP) is 0.250. The van der Waals surface area contributed by atoms with Crippen LogP contribution in [0.5, 0.6) is 0 Å². The summed E-state index contributed by atoms with van der Waals surface area (Å²) in [6, 6.07) is 7.71. The van der Waals surface area contributed by atoms with Gasteiger partial charge in [0.25, 0.3) is 0 Å². The Bertz CT molecular complexity index is 1200. The number of aromatic amines is 1. The molecule has 0 spiro atoms. The number of benzene rings is 2. The van der Waals surface area contributed by atoms with Crippen molar-refractivity contribution < 1.29 is 23.4 Å². The van der Waals surface area contributed by atoms with E-state index >= 15 is 0 Å². The van der Waals surface area contributed by atoms with Crippen LogP contribution in [0.3, 0.4) is 0 Å². The largest absolute Gasteiger partial charge is 0.503 e. The number of fused-ring (bicyclic) bond motifs is 3. The molecule has 1 heterocycles. The normalized spacial score (nSPS) is 11.1. The Morgan fingerprint density at radius 1 is 1.12 bits per heavy atom. The fraction of sp³-hybridized carbons (Fsp3) is 0.0714. The number of nitrogens with zero attached hydrogens (tertiary/aromatic N) is 1. The average Bonchev–Trinajstić information content (AvgIpc) is 2.50. The molecule has 0 bridgehead atoms. The van der Waals surface area contributed by atoms with E-state index in [1.54, 1.807) is 18.2 Å². The third-order valence-electron chi connectivity index (χ3n) is 3.38. The van der Waals surface area contributed by atoms with Crippen molar-refractivity contribution in [2.24, 2.45) is 12.2 Å². The quantitative estimate of drug-likeness (QED) is 0.352. The maximum absolute atomic E-state index is 11.8. The molecule has 0 unspecified atom stereocenters. The van der Waals surface area contributed by atoms with Crippen LogP contribution in [0.15, 0.2) is 44.8 Å². The molecule has 0 saturated carbocycles. The number of sulfonamides is 1. The van der Waals surface area contributed by atoms with E-state index in [2.05, 4.69) is 4.98 Å². The van der Waals surface area contributed by atoms with E-state index in [0.29, 0.717) is 21.8 Å². The van der Waals surface area contributed by atoms with E-state index in [0.717, 1.165) is 0 Å². The Labute approximate surface area is 139 Å². The van der Waals surface area contributed by atoms with E-state index in [1.807, 2.05) is 0 Å². The molecule has 0 atom stereocenters. The van der Waals surface area contributed by atoms with Gasteiger partial charge in [-0.25, -0.2) is 18.4 Å². The highest BCUT2D eigenvalue weighted by Crippen LogP contribution is 2.27. The average molecular weight is 367 g/mol. The van der Waals surface area contributed by atoms with Crippen LogP contribution < -0.4 is 16.3 Å². The van der Waals surface area contributed by atoms with Crippen molar-refractivity contribution in [3.8, 4) is 0 Å². The summed E-state index contributed by atoms with van der Waals surface area (Å²) in [6.45, 7) is 0. The molecule has 0 aliphatic heterocycles. The second kappa shape index (κ2) is 6.37. The van der Waals surface area contributed by atoms with Crippen LogP contribution in [0.25, 0.3) is 21.8 Å². The van der Waals surface area contributed by atoms with E-state index in [4.69, 9.17) is 20.1 Å². The van der Waals surface area contributed by atoms with E-state index in [9.17, 15) is 18.0 Å². The second-order valence-electron chi connectivity index (χ2n) is 4.96. The number of aromatic nitrogens is 2. The molecule has 25 heavy (non-hydrogen) atoms. The summed E-state index contributed by atoms with van der Waals surface area (Å²) in [5.74, 6) is 0. The Hall–Kier alpha value is -3.18. The minimum atomic E-state index is -3.89. The maximum atomic E-state index is 11.8. The van der Waals surface area contributed by atoms with Crippen LogP contribution in [0.2, 0.25) is 0 Å². The molecule has 0 aliphatic carbocycles. The molecule has 5 N–H and O–H groups in total. The van der Waals surface area contributed by atoms with Gasteiger partial charge in [0.05, 0.1) is 15.9 Å². The number of primary sulfonamides is 1. The fourth-order valence-corrected chi connectivity index (χ4v) is 3.21. The molecule has 3 aromatic rings. The summed E-state index contributed by atoms with van der Waals surface area (Å²) in [7, 11) is -2.43. The summed E-state index contributed by atoms with van der Waals surface area (Å²) < 4.78 is 24.5. The fourth-order valence-electron chi connectivity index (χ4n) is 2.45. The van der Waals surface area contributed by atoms with Crippen molar-refractivity contribution in [1.82, 2.24) is 9.55 Å². The zero-order valence-corrected chi connectivity index (χ0v) is 13.6. The van der Waals surface area contributed by atoms with Gasteiger partial charge >= 0.3 is 17.3 Å². The second-order valence-corrected chi connectivity index (χ2v) is 6.49. The molecule has 1 aromatic heterocycles. The van der Waals surface area contributed by atoms with Gasteiger partial charge in [-0.05, 0) is 12.1 Å². The summed E-state index contributed by atoms with van der Waals surface area (Å²) in [5.41, 5.74) is -0.549. The Morgan fingerprint density at radius 3 is 2.28 bits per heavy atom. The van der Waals surface area contributed by atoms with E-state index in [-0.39, 0.29) is 4.90 Å². The van der Waals surface area contributed by atoms with Crippen molar-refractivity contribution in [2.45, 2.75) is 4.90 Å². The molecule has 10 nitrogen and oxygen atoms in total. The highest BCUT2D eigenvalue weighted by atomic mass is 32.2. The van der Waals surface area contributed by atoms with E-state index < -0.39 is 27.3 Å². The first-order chi connectivity index (χ1) is 11.5.